The van der Waals surface area contributed by atoms with Crippen LogP contribution in [0.5, 0.6) is 0 Å². The first-order chi connectivity index (χ1) is 11.1. The van der Waals surface area contributed by atoms with Gasteiger partial charge in [-0.2, -0.15) is 0 Å². The third-order valence-corrected chi connectivity index (χ3v) is 5.25. The van der Waals surface area contributed by atoms with Crippen molar-refractivity contribution in [1.29, 1.82) is 0 Å². The van der Waals surface area contributed by atoms with Crippen molar-refractivity contribution in [2.75, 3.05) is 18.8 Å². The SMILES string of the molecule is O=C(NC1=NCCS1)C1CCCN1C(=O)c1cc(Cl)ccc1Cl. The van der Waals surface area contributed by atoms with Crippen LogP contribution in [0.3, 0.4) is 0 Å². The van der Waals surface area contributed by atoms with E-state index in [0.29, 0.717) is 40.3 Å². The standard InChI is InChI=1S/C15H15Cl2N3O2S/c16-9-3-4-11(17)10(8-9)14(22)20-6-1-2-12(20)13(21)19-15-18-5-7-23-15/h3-4,8,12H,1-2,5-7H2,(H,18,19,21). The van der Waals surface area contributed by atoms with E-state index in [9.17, 15) is 9.59 Å². The topological polar surface area (TPSA) is 61.8 Å². The molecule has 0 spiro atoms. The van der Waals surface area contributed by atoms with Crippen LogP contribution in [0.2, 0.25) is 10.0 Å². The number of hydrogen-bond acceptors (Lipinski definition) is 4. The summed E-state index contributed by atoms with van der Waals surface area (Å²) >= 11 is 13.6. The molecule has 8 heteroatoms. The number of nitrogens with zero attached hydrogens (tertiary/aromatic N) is 2. The van der Waals surface area contributed by atoms with Gasteiger partial charge in [0.1, 0.15) is 6.04 Å². The fraction of sp³-hybridized carbons (Fsp3) is 0.400. The molecule has 1 N–H and O–H groups in total. The Morgan fingerprint density at radius 1 is 1.35 bits per heavy atom. The molecule has 0 aliphatic carbocycles. The molecular formula is C15H15Cl2N3O2S. The Labute approximate surface area is 148 Å². The van der Waals surface area contributed by atoms with E-state index in [2.05, 4.69) is 10.3 Å². The highest BCUT2D eigenvalue weighted by Crippen LogP contribution is 2.26. The fourth-order valence-corrected chi connectivity index (χ4v) is 3.80. The predicted octanol–water partition coefficient (Wildman–Crippen LogP) is 2.82. The number of hydrogen-bond donors (Lipinski definition) is 1. The van der Waals surface area contributed by atoms with Gasteiger partial charge in [-0.3, -0.25) is 14.6 Å². The van der Waals surface area contributed by atoms with Gasteiger partial charge in [-0.15, -0.1) is 0 Å². The Hall–Kier alpha value is -1.24. The number of carbonyl (C=O) groups excluding carboxylic acids is 2. The summed E-state index contributed by atoms with van der Waals surface area (Å²) in [5.74, 6) is 0.416. The maximum Gasteiger partial charge on any atom is 0.256 e. The van der Waals surface area contributed by atoms with Gasteiger partial charge in [0.25, 0.3) is 5.91 Å². The van der Waals surface area contributed by atoms with Crippen molar-refractivity contribution >= 4 is 51.9 Å². The van der Waals surface area contributed by atoms with Gasteiger partial charge in [0.05, 0.1) is 17.1 Å². The highest BCUT2D eigenvalue weighted by molar-refractivity contribution is 8.14. The second-order valence-corrected chi connectivity index (χ2v) is 7.23. The number of benzene rings is 1. The van der Waals surface area contributed by atoms with E-state index in [1.54, 1.807) is 17.0 Å². The minimum Gasteiger partial charge on any atom is -0.327 e. The Bertz CT molecular complexity index is 681. The highest BCUT2D eigenvalue weighted by atomic mass is 35.5. The zero-order valence-electron chi connectivity index (χ0n) is 12.2. The Morgan fingerprint density at radius 2 is 2.17 bits per heavy atom. The molecule has 2 aliphatic rings. The number of amidine groups is 1. The minimum absolute atomic E-state index is 0.192. The van der Waals surface area contributed by atoms with Crippen LogP contribution < -0.4 is 5.32 Å². The highest BCUT2D eigenvalue weighted by Gasteiger charge is 2.35. The first-order valence-corrected chi connectivity index (χ1v) is 9.04. The van der Waals surface area contributed by atoms with Crippen LogP contribution in [0, 0.1) is 0 Å². The summed E-state index contributed by atoms with van der Waals surface area (Å²) in [5.41, 5.74) is 0.325. The number of carbonyl (C=O) groups is 2. The maximum absolute atomic E-state index is 12.7. The molecule has 2 aliphatic heterocycles. The maximum atomic E-state index is 12.7. The molecule has 1 unspecified atom stereocenters. The summed E-state index contributed by atoms with van der Waals surface area (Å²) in [6, 6.07) is 4.26. The van der Waals surface area contributed by atoms with Gasteiger partial charge in [-0.05, 0) is 31.0 Å². The molecular weight excluding hydrogens is 357 g/mol. The van der Waals surface area contributed by atoms with Crippen LogP contribution in [0.25, 0.3) is 0 Å². The van der Waals surface area contributed by atoms with E-state index >= 15 is 0 Å². The quantitative estimate of drug-likeness (QED) is 0.869. The molecule has 0 saturated carbocycles. The lowest BCUT2D eigenvalue weighted by Crippen LogP contribution is -2.47. The number of rotatable bonds is 2. The van der Waals surface area contributed by atoms with Crippen molar-refractivity contribution in [2.24, 2.45) is 4.99 Å². The smallest absolute Gasteiger partial charge is 0.256 e. The zero-order chi connectivity index (χ0) is 16.4. The minimum atomic E-state index is -0.499. The first-order valence-electron chi connectivity index (χ1n) is 7.30. The number of nitrogens with one attached hydrogen (secondary N) is 1. The third kappa shape index (κ3) is 3.65. The molecule has 1 atom stereocenters. The van der Waals surface area contributed by atoms with Gasteiger partial charge in [-0.1, -0.05) is 35.0 Å². The largest absolute Gasteiger partial charge is 0.327 e. The fourth-order valence-electron chi connectivity index (χ4n) is 2.70. The molecule has 2 amide bonds. The van der Waals surface area contributed by atoms with Gasteiger partial charge < -0.3 is 10.2 Å². The summed E-state index contributed by atoms with van der Waals surface area (Å²) in [7, 11) is 0. The van der Waals surface area contributed by atoms with Gasteiger partial charge >= 0.3 is 0 Å². The first kappa shape index (κ1) is 16.6. The molecule has 122 valence electrons. The molecule has 0 bridgehead atoms. The van der Waals surface area contributed by atoms with Crippen LogP contribution in [-0.4, -0.2) is 46.8 Å². The van der Waals surface area contributed by atoms with Crippen LogP contribution >= 0.6 is 35.0 Å². The molecule has 0 radical (unpaired) electrons. The van der Waals surface area contributed by atoms with Gasteiger partial charge in [0, 0.05) is 17.3 Å². The number of likely N-dealkylation sites (tertiary alicyclic amines) is 1. The average molecular weight is 372 g/mol. The molecule has 5 nitrogen and oxygen atoms in total. The molecule has 1 aromatic rings. The Balaban J connectivity index is 1.76. The van der Waals surface area contributed by atoms with Crippen LogP contribution in [0.15, 0.2) is 23.2 Å². The van der Waals surface area contributed by atoms with E-state index in [-0.39, 0.29) is 11.8 Å². The van der Waals surface area contributed by atoms with Crippen LogP contribution in [0.1, 0.15) is 23.2 Å². The van der Waals surface area contributed by atoms with Crippen molar-refractivity contribution < 1.29 is 9.59 Å². The predicted molar refractivity (Wildman–Crippen MR) is 93.4 cm³/mol. The number of thioether (sulfide) groups is 1. The number of halogens is 2. The molecule has 1 saturated heterocycles. The zero-order valence-corrected chi connectivity index (χ0v) is 14.5. The molecule has 23 heavy (non-hydrogen) atoms. The second-order valence-electron chi connectivity index (χ2n) is 5.31. The summed E-state index contributed by atoms with van der Waals surface area (Å²) in [5, 5.41) is 4.21. The van der Waals surface area contributed by atoms with Crippen molar-refractivity contribution in [3.8, 4) is 0 Å². The van der Waals surface area contributed by atoms with Crippen molar-refractivity contribution in [3.63, 3.8) is 0 Å². The lowest BCUT2D eigenvalue weighted by Gasteiger charge is -2.24. The van der Waals surface area contributed by atoms with Crippen molar-refractivity contribution in [3.05, 3.63) is 33.8 Å². The van der Waals surface area contributed by atoms with Crippen LogP contribution in [-0.2, 0) is 4.79 Å². The van der Waals surface area contributed by atoms with Crippen molar-refractivity contribution in [2.45, 2.75) is 18.9 Å². The molecule has 3 rings (SSSR count). The summed E-state index contributed by atoms with van der Waals surface area (Å²) in [6.45, 7) is 1.24. The summed E-state index contributed by atoms with van der Waals surface area (Å²) < 4.78 is 0. The van der Waals surface area contributed by atoms with Gasteiger partial charge in [-0.25, -0.2) is 0 Å². The average Bonchev–Trinajstić information content (AvgIpc) is 3.20. The molecule has 0 aromatic heterocycles. The van der Waals surface area contributed by atoms with E-state index in [0.717, 1.165) is 12.2 Å². The van der Waals surface area contributed by atoms with Gasteiger partial charge in [0.2, 0.25) is 5.91 Å². The monoisotopic (exact) mass is 371 g/mol. The summed E-state index contributed by atoms with van der Waals surface area (Å²) in [4.78, 5) is 30.9. The number of amides is 2. The van der Waals surface area contributed by atoms with Crippen molar-refractivity contribution in [1.82, 2.24) is 10.2 Å². The lowest BCUT2D eigenvalue weighted by atomic mass is 10.1. The third-order valence-electron chi connectivity index (χ3n) is 3.79. The Kier molecular flexibility index (Phi) is 5.14. The Morgan fingerprint density at radius 3 is 2.91 bits per heavy atom. The van der Waals surface area contributed by atoms with Crippen LogP contribution in [0.4, 0.5) is 0 Å². The number of aliphatic imine (C=N–C) groups is 1. The normalized spacial score (nSPS) is 20.5. The van der Waals surface area contributed by atoms with E-state index < -0.39 is 6.04 Å². The lowest BCUT2D eigenvalue weighted by molar-refractivity contribution is -0.123. The second kappa shape index (κ2) is 7.11. The molecule has 1 fully saturated rings. The molecule has 1 aromatic carbocycles. The van der Waals surface area contributed by atoms with E-state index in [4.69, 9.17) is 23.2 Å². The van der Waals surface area contributed by atoms with E-state index in [1.807, 2.05) is 0 Å². The van der Waals surface area contributed by atoms with E-state index in [1.165, 1.54) is 17.8 Å². The summed E-state index contributed by atoms with van der Waals surface area (Å²) in [6.07, 6.45) is 1.41. The molecule has 2 heterocycles. The van der Waals surface area contributed by atoms with Gasteiger partial charge in [0.15, 0.2) is 5.17 Å².